The predicted molar refractivity (Wildman–Crippen MR) is 100 cm³/mol. The van der Waals surface area contributed by atoms with Crippen LogP contribution in [0.5, 0.6) is 5.75 Å². The van der Waals surface area contributed by atoms with Crippen LogP contribution < -0.4 is 15.8 Å². The van der Waals surface area contributed by atoms with Gasteiger partial charge >= 0.3 is 0 Å². The summed E-state index contributed by atoms with van der Waals surface area (Å²) in [4.78, 5) is 6.66. The molecule has 0 bridgehead atoms. The van der Waals surface area contributed by atoms with E-state index in [4.69, 9.17) is 10.5 Å². The molecule has 128 valence electrons. The lowest BCUT2D eigenvalue weighted by Gasteiger charge is -2.16. The average molecular weight is 326 g/mol. The monoisotopic (exact) mass is 326 g/mol. The van der Waals surface area contributed by atoms with Gasteiger partial charge in [0.1, 0.15) is 5.75 Å². The fraction of sp³-hybridized carbons (Fsp3) is 0.316. The first kappa shape index (κ1) is 17.8. The lowest BCUT2D eigenvalue weighted by Crippen LogP contribution is -2.24. The summed E-state index contributed by atoms with van der Waals surface area (Å²) < 4.78 is 5.18. The molecule has 0 aliphatic rings. The van der Waals surface area contributed by atoms with Gasteiger partial charge in [0.05, 0.1) is 7.11 Å². The van der Waals surface area contributed by atoms with Crippen LogP contribution in [0.3, 0.4) is 0 Å². The number of ether oxygens (including phenoxy) is 1. The first-order valence-electron chi connectivity index (χ1n) is 8.11. The molecule has 0 aliphatic heterocycles. The maximum atomic E-state index is 5.92. The van der Waals surface area contributed by atoms with Crippen molar-refractivity contribution in [1.82, 2.24) is 4.90 Å². The van der Waals surface area contributed by atoms with Crippen molar-refractivity contribution in [3.05, 3.63) is 60.2 Å². The molecule has 0 heterocycles. The fourth-order valence-corrected chi connectivity index (χ4v) is 2.40. The molecule has 3 N–H and O–H groups in total. The predicted octanol–water partition coefficient (Wildman–Crippen LogP) is 2.94. The van der Waals surface area contributed by atoms with Crippen LogP contribution in [0, 0.1) is 0 Å². The molecule has 0 saturated heterocycles. The SMILES string of the molecule is COc1cccc(NC(N)=NCCCN(C)Cc2ccccc2)c1. The highest BCUT2D eigenvalue weighted by Gasteiger charge is 2.00. The van der Waals surface area contributed by atoms with E-state index in [-0.39, 0.29) is 0 Å². The van der Waals surface area contributed by atoms with Gasteiger partial charge in [-0.3, -0.25) is 4.99 Å². The Morgan fingerprint density at radius 2 is 1.96 bits per heavy atom. The second-order valence-electron chi connectivity index (χ2n) is 5.70. The quantitative estimate of drug-likeness (QED) is 0.445. The van der Waals surface area contributed by atoms with Gasteiger partial charge in [-0.15, -0.1) is 0 Å². The third-order valence-electron chi connectivity index (χ3n) is 3.62. The maximum Gasteiger partial charge on any atom is 0.193 e. The van der Waals surface area contributed by atoms with E-state index in [1.165, 1.54) is 5.56 Å². The molecular formula is C19H26N4O. The Hall–Kier alpha value is -2.53. The van der Waals surface area contributed by atoms with Crippen LogP contribution in [-0.2, 0) is 6.54 Å². The summed E-state index contributed by atoms with van der Waals surface area (Å²) in [5.41, 5.74) is 8.12. The van der Waals surface area contributed by atoms with E-state index in [1.54, 1.807) is 7.11 Å². The van der Waals surface area contributed by atoms with E-state index in [0.29, 0.717) is 12.5 Å². The molecule has 0 spiro atoms. The summed E-state index contributed by atoms with van der Waals surface area (Å²) in [7, 11) is 3.76. The van der Waals surface area contributed by atoms with Crippen molar-refractivity contribution < 1.29 is 4.74 Å². The van der Waals surface area contributed by atoms with Crippen LogP contribution in [0.2, 0.25) is 0 Å². The molecule has 0 radical (unpaired) electrons. The molecule has 5 heteroatoms. The van der Waals surface area contributed by atoms with Crippen molar-refractivity contribution >= 4 is 11.6 Å². The van der Waals surface area contributed by atoms with Crippen molar-refractivity contribution in [3.8, 4) is 5.75 Å². The zero-order chi connectivity index (χ0) is 17.2. The number of guanidine groups is 1. The summed E-state index contributed by atoms with van der Waals surface area (Å²) >= 11 is 0. The van der Waals surface area contributed by atoms with Gasteiger partial charge in [-0.05, 0) is 37.7 Å². The highest BCUT2D eigenvalue weighted by Crippen LogP contribution is 2.16. The molecule has 0 aliphatic carbocycles. The smallest absolute Gasteiger partial charge is 0.193 e. The van der Waals surface area contributed by atoms with E-state index in [0.717, 1.165) is 30.9 Å². The molecule has 2 rings (SSSR count). The number of benzene rings is 2. The minimum absolute atomic E-state index is 0.425. The number of anilines is 1. The lowest BCUT2D eigenvalue weighted by molar-refractivity contribution is 0.324. The molecule has 0 fully saturated rings. The number of nitrogens with one attached hydrogen (secondary N) is 1. The third kappa shape index (κ3) is 6.30. The summed E-state index contributed by atoms with van der Waals surface area (Å²) in [6.45, 7) is 2.62. The van der Waals surface area contributed by atoms with Gasteiger partial charge in [0, 0.05) is 24.8 Å². The van der Waals surface area contributed by atoms with Gasteiger partial charge in [0.15, 0.2) is 5.96 Å². The second-order valence-corrected chi connectivity index (χ2v) is 5.70. The Kier molecular flexibility index (Phi) is 7.11. The van der Waals surface area contributed by atoms with Crippen LogP contribution in [0.1, 0.15) is 12.0 Å². The van der Waals surface area contributed by atoms with Crippen molar-refractivity contribution in [1.29, 1.82) is 0 Å². The van der Waals surface area contributed by atoms with Crippen LogP contribution in [0.4, 0.5) is 5.69 Å². The molecule has 0 aromatic heterocycles. The number of nitrogens with two attached hydrogens (primary N) is 1. The Morgan fingerprint density at radius 1 is 1.17 bits per heavy atom. The Balaban J connectivity index is 1.70. The third-order valence-corrected chi connectivity index (χ3v) is 3.62. The minimum atomic E-state index is 0.425. The topological polar surface area (TPSA) is 62.9 Å². The molecule has 0 atom stereocenters. The van der Waals surface area contributed by atoms with Gasteiger partial charge in [0.25, 0.3) is 0 Å². The van der Waals surface area contributed by atoms with Crippen LogP contribution in [-0.4, -0.2) is 38.1 Å². The Morgan fingerprint density at radius 3 is 2.71 bits per heavy atom. The summed E-state index contributed by atoms with van der Waals surface area (Å²) in [6.07, 6.45) is 0.962. The standard InChI is InChI=1S/C19H26N4O/c1-23(15-16-8-4-3-5-9-16)13-7-12-21-19(20)22-17-10-6-11-18(14-17)24-2/h3-6,8-11,14H,7,12-13,15H2,1-2H3,(H3,20,21,22). The summed E-state index contributed by atoms with van der Waals surface area (Å²) in [5.74, 6) is 1.21. The van der Waals surface area contributed by atoms with Gasteiger partial charge in [-0.25, -0.2) is 0 Å². The summed E-state index contributed by atoms with van der Waals surface area (Å²) in [6, 6.07) is 18.1. The molecule has 2 aromatic carbocycles. The Bertz CT molecular complexity index is 643. The number of hydrogen-bond donors (Lipinski definition) is 2. The van der Waals surface area contributed by atoms with E-state index in [9.17, 15) is 0 Å². The fourth-order valence-electron chi connectivity index (χ4n) is 2.40. The normalized spacial score (nSPS) is 11.5. The van der Waals surface area contributed by atoms with Gasteiger partial charge in [0.2, 0.25) is 0 Å². The molecule has 5 nitrogen and oxygen atoms in total. The molecule has 0 saturated carbocycles. The first-order valence-corrected chi connectivity index (χ1v) is 8.11. The number of rotatable bonds is 8. The largest absolute Gasteiger partial charge is 0.497 e. The van der Waals surface area contributed by atoms with E-state index >= 15 is 0 Å². The average Bonchev–Trinajstić information content (AvgIpc) is 2.60. The van der Waals surface area contributed by atoms with Crippen LogP contribution >= 0.6 is 0 Å². The van der Waals surface area contributed by atoms with Crippen molar-refractivity contribution in [3.63, 3.8) is 0 Å². The highest BCUT2D eigenvalue weighted by atomic mass is 16.5. The first-order chi connectivity index (χ1) is 11.7. The maximum absolute atomic E-state index is 5.92. The zero-order valence-corrected chi connectivity index (χ0v) is 14.4. The van der Waals surface area contributed by atoms with Crippen molar-refractivity contribution in [2.24, 2.45) is 10.7 Å². The molecular weight excluding hydrogens is 300 g/mol. The van der Waals surface area contributed by atoms with Gasteiger partial charge in [-0.2, -0.15) is 0 Å². The zero-order valence-electron chi connectivity index (χ0n) is 14.4. The molecule has 2 aromatic rings. The number of methoxy groups -OCH3 is 1. The van der Waals surface area contributed by atoms with E-state index < -0.39 is 0 Å². The van der Waals surface area contributed by atoms with Gasteiger partial charge in [-0.1, -0.05) is 36.4 Å². The lowest BCUT2D eigenvalue weighted by atomic mass is 10.2. The molecule has 0 unspecified atom stereocenters. The number of hydrogen-bond acceptors (Lipinski definition) is 3. The van der Waals surface area contributed by atoms with Gasteiger partial charge < -0.3 is 20.7 Å². The number of aliphatic imine (C=N–C) groups is 1. The summed E-state index contributed by atoms with van der Waals surface area (Å²) in [5, 5.41) is 3.08. The Labute approximate surface area is 144 Å². The second kappa shape index (κ2) is 9.57. The van der Waals surface area contributed by atoms with Crippen molar-refractivity contribution in [2.45, 2.75) is 13.0 Å². The highest BCUT2D eigenvalue weighted by molar-refractivity contribution is 5.92. The van der Waals surface area contributed by atoms with E-state index in [2.05, 4.69) is 46.5 Å². The molecule has 0 amide bonds. The van der Waals surface area contributed by atoms with E-state index in [1.807, 2.05) is 30.3 Å². The van der Waals surface area contributed by atoms with Crippen molar-refractivity contribution in [2.75, 3.05) is 32.6 Å². The van der Waals surface area contributed by atoms with Crippen LogP contribution in [0.15, 0.2) is 59.6 Å². The number of nitrogens with zero attached hydrogens (tertiary/aromatic N) is 2. The molecule has 24 heavy (non-hydrogen) atoms. The van der Waals surface area contributed by atoms with Crippen LogP contribution in [0.25, 0.3) is 0 Å². The minimum Gasteiger partial charge on any atom is -0.497 e.